The van der Waals surface area contributed by atoms with Crippen molar-refractivity contribution in [2.75, 3.05) is 13.1 Å². The summed E-state index contributed by atoms with van der Waals surface area (Å²) in [5.41, 5.74) is 0. The molecule has 1 fully saturated rings. The highest BCUT2D eigenvalue weighted by Crippen LogP contribution is 2.15. The van der Waals surface area contributed by atoms with Crippen LogP contribution in [0.3, 0.4) is 0 Å². The van der Waals surface area contributed by atoms with Crippen LogP contribution in [0.5, 0.6) is 0 Å². The molecule has 5 nitrogen and oxygen atoms in total. The molecule has 0 spiro atoms. The van der Waals surface area contributed by atoms with Crippen LogP contribution in [0.1, 0.15) is 38.9 Å². The van der Waals surface area contributed by atoms with Crippen molar-refractivity contribution in [2.24, 2.45) is 5.92 Å². The topological polar surface area (TPSA) is 54.2 Å². The van der Waals surface area contributed by atoms with E-state index in [1.165, 1.54) is 6.42 Å². The van der Waals surface area contributed by atoms with Crippen molar-refractivity contribution in [3.05, 3.63) is 11.7 Å². The van der Waals surface area contributed by atoms with Crippen molar-refractivity contribution >= 4 is 0 Å². The molecule has 1 aromatic heterocycles. The highest BCUT2D eigenvalue weighted by Gasteiger charge is 2.26. The van der Waals surface area contributed by atoms with Gasteiger partial charge in [0.15, 0.2) is 5.82 Å². The van der Waals surface area contributed by atoms with Crippen molar-refractivity contribution in [3.8, 4) is 0 Å². The Morgan fingerprint density at radius 3 is 2.89 bits per heavy atom. The molecule has 5 heteroatoms. The summed E-state index contributed by atoms with van der Waals surface area (Å²) in [5.74, 6) is 2.17. The van der Waals surface area contributed by atoms with Crippen LogP contribution in [0, 0.1) is 12.8 Å². The second kappa shape index (κ2) is 5.80. The average Bonchev–Trinajstić information content (AvgIpc) is 2.68. The number of aromatic nitrogens is 2. The quantitative estimate of drug-likeness (QED) is 0.882. The summed E-state index contributed by atoms with van der Waals surface area (Å²) < 4.78 is 5.03. The normalized spacial score (nSPS) is 25.8. The van der Waals surface area contributed by atoms with E-state index in [4.69, 9.17) is 4.52 Å². The summed E-state index contributed by atoms with van der Waals surface area (Å²) in [4.78, 5) is 6.72. The lowest BCUT2D eigenvalue weighted by molar-refractivity contribution is 0.120. The zero-order valence-corrected chi connectivity index (χ0v) is 11.8. The van der Waals surface area contributed by atoms with E-state index < -0.39 is 0 Å². The molecule has 1 aliphatic rings. The number of hydrogen-bond acceptors (Lipinski definition) is 5. The van der Waals surface area contributed by atoms with Gasteiger partial charge in [-0.15, -0.1) is 0 Å². The Bertz CT molecular complexity index is 377. The van der Waals surface area contributed by atoms with E-state index in [0.717, 1.165) is 31.4 Å². The third-order valence-electron chi connectivity index (χ3n) is 3.45. The van der Waals surface area contributed by atoms with Crippen molar-refractivity contribution in [1.82, 2.24) is 20.4 Å². The fourth-order valence-corrected chi connectivity index (χ4v) is 2.53. The first kappa shape index (κ1) is 13.5. The molecule has 2 rings (SSSR count). The highest BCUT2D eigenvalue weighted by molar-refractivity contribution is 4.90. The van der Waals surface area contributed by atoms with Gasteiger partial charge in [0.25, 0.3) is 0 Å². The van der Waals surface area contributed by atoms with Gasteiger partial charge in [-0.1, -0.05) is 19.0 Å². The Morgan fingerprint density at radius 2 is 2.28 bits per heavy atom. The molecule has 0 amide bonds. The predicted octanol–water partition coefficient (Wildman–Crippen LogP) is 1.59. The second-order valence-corrected chi connectivity index (χ2v) is 5.74. The summed E-state index contributed by atoms with van der Waals surface area (Å²) in [5, 5.41) is 7.60. The third-order valence-corrected chi connectivity index (χ3v) is 3.45. The molecule has 1 N–H and O–H groups in total. The van der Waals surface area contributed by atoms with Crippen LogP contribution in [0.15, 0.2) is 4.52 Å². The maximum Gasteiger partial charge on any atom is 0.223 e. The molecule has 0 aliphatic carbocycles. The Balaban J connectivity index is 1.93. The minimum Gasteiger partial charge on any atom is -0.340 e. The lowest BCUT2D eigenvalue weighted by Gasteiger charge is -2.38. The summed E-state index contributed by atoms with van der Waals surface area (Å²) in [6, 6.07) is 1.10. The number of aryl methyl sites for hydroxylation is 1. The molecule has 0 bridgehead atoms. The van der Waals surface area contributed by atoms with E-state index in [9.17, 15) is 0 Å². The fraction of sp³-hybridized carbons (Fsp3) is 0.846. The van der Waals surface area contributed by atoms with E-state index >= 15 is 0 Å². The third kappa shape index (κ3) is 3.53. The number of hydrogen-bond donors (Lipinski definition) is 1. The maximum absolute atomic E-state index is 5.03. The summed E-state index contributed by atoms with van der Waals surface area (Å²) in [6.07, 6.45) is 1.22. The SMILES string of the molecule is Cc1nc(CN2CC(CC(C)C)NCC2C)no1. The lowest BCUT2D eigenvalue weighted by Crippen LogP contribution is -2.55. The monoisotopic (exact) mass is 252 g/mol. The van der Waals surface area contributed by atoms with Gasteiger partial charge in [0, 0.05) is 32.1 Å². The van der Waals surface area contributed by atoms with Gasteiger partial charge in [0.05, 0.1) is 6.54 Å². The zero-order valence-electron chi connectivity index (χ0n) is 11.8. The molecule has 2 unspecified atom stereocenters. The van der Waals surface area contributed by atoms with Gasteiger partial charge in [0.1, 0.15) is 0 Å². The number of nitrogens with one attached hydrogen (secondary N) is 1. The van der Waals surface area contributed by atoms with Crippen LogP contribution in [0.4, 0.5) is 0 Å². The molecular weight excluding hydrogens is 228 g/mol. The molecule has 102 valence electrons. The first-order valence-electron chi connectivity index (χ1n) is 6.81. The first-order chi connectivity index (χ1) is 8.54. The van der Waals surface area contributed by atoms with Gasteiger partial charge in [-0.05, 0) is 19.3 Å². The Morgan fingerprint density at radius 1 is 1.50 bits per heavy atom. The standard InChI is InChI=1S/C13H24N4O/c1-9(2)5-12-7-17(10(3)6-14-12)8-13-15-11(4)18-16-13/h9-10,12,14H,5-8H2,1-4H3. The smallest absolute Gasteiger partial charge is 0.223 e. The van der Waals surface area contributed by atoms with Gasteiger partial charge in [-0.25, -0.2) is 0 Å². The van der Waals surface area contributed by atoms with E-state index in [-0.39, 0.29) is 0 Å². The van der Waals surface area contributed by atoms with Crippen LogP contribution in [0.25, 0.3) is 0 Å². The van der Waals surface area contributed by atoms with Crippen molar-refractivity contribution in [2.45, 2.75) is 52.7 Å². The molecule has 1 aliphatic heterocycles. The van der Waals surface area contributed by atoms with Crippen molar-refractivity contribution < 1.29 is 4.52 Å². The van der Waals surface area contributed by atoms with Crippen LogP contribution in [0.2, 0.25) is 0 Å². The van der Waals surface area contributed by atoms with Crippen LogP contribution in [-0.2, 0) is 6.54 Å². The molecule has 2 heterocycles. The van der Waals surface area contributed by atoms with Crippen molar-refractivity contribution in [1.29, 1.82) is 0 Å². The Hall–Kier alpha value is -0.940. The largest absolute Gasteiger partial charge is 0.340 e. The summed E-state index contributed by atoms with van der Waals surface area (Å²) in [6.45, 7) is 11.5. The molecule has 2 atom stereocenters. The van der Waals surface area contributed by atoms with E-state index in [0.29, 0.717) is 18.0 Å². The van der Waals surface area contributed by atoms with Gasteiger partial charge in [-0.3, -0.25) is 4.90 Å². The number of nitrogens with zero attached hydrogens (tertiary/aromatic N) is 3. The van der Waals surface area contributed by atoms with Crippen LogP contribution >= 0.6 is 0 Å². The van der Waals surface area contributed by atoms with Gasteiger partial charge < -0.3 is 9.84 Å². The Labute approximate surface area is 109 Å². The first-order valence-corrected chi connectivity index (χ1v) is 6.81. The van der Waals surface area contributed by atoms with E-state index in [1.807, 2.05) is 6.92 Å². The molecule has 1 aromatic rings. The molecule has 1 saturated heterocycles. The molecule has 0 aromatic carbocycles. The zero-order chi connectivity index (χ0) is 13.1. The minimum absolute atomic E-state index is 0.521. The second-order valence-electron chi connectivity index (χ2n) is 5.74. The molecule has 0 saturated carbocycles. The van der Waals surface area contributed by atoms with Gasteiger partial charge in [0.2, 0.25) is 5.89 Å². The highest BCUT2D eigenvalue weighted by atomic mass is 16.5. The van der Waals surface area contributed by atoms with Crippen LogP contribution in [-0.4, -0.2) is 40.2 Å². The fourth-order valence-electron chi connectivity index (χ4n) is 2.53. The minimum atomic E-state index is 0.521. The van der Waals surface area contributed by atoms with Crippen molar-refractivity contribution in [3.63, 3.8) is 0 Å². The van der Waals surface area contributed by atoms with E-state index in [2.05, 4.69) is 41.1 Å². The predicted molar refractivity (Wildman–Crippen MR) is 70.2 cm³/mol. The average molecular weight is 252 g/mol. The number of piperazine rings is 1. The van der Waals surface area contributed by atoms with Gasteiger partial charge >= 0.3 is 0 Å². The van der Waals surface area contributed by atoms with Crippen LogP contribution < -0.4 is 5.32 Å². The summed E-state index contributed by atoms with van der Waals surface area (Å²) in [7, 11) is 0. The molecule has 18 heavy (non-hydrogen) atoms. The molecular formula is C13H24N4O. The Kier molecular flexibility index (Phi) is 4.35. The van der Waals surface area contributed by atoms with Gasteiger partial charge in [-0.2, -0.15) is 4.98 Å². The molecule has 0 radical (unpaired) electrons. The number of rotatable bonds is 4. The summed E-state index contributed by atoms with van der Waals surface area (Å²) >= 11 is 0. The van der Waals surface area contributed by atoms with E-state index in [1.54, 1.807) is 0 Å². The lowest BCUT2D eigenvalue weighted by atomic mass is 10.00. The maximum atomic E-state index is 5.03.